The fraction of sp³-hybridized carbons (Fsp3) is 0.471. The number of urea groups is 1. The first-order chi connectivity index (χ1) is 11.4. The molecule has 2 saturated heterocycles. The van der Waals surface area contributed by atoms with Gasteiger partial charge in [-0.2, -0.15) is 0 Å². The van der Waals surface area contributed by atoms with Gasteiger partial charge in [0.05, 0.1) is 13.5 Å². The van der Waals surface area contributed by atoms with Crippen LogP contribution in [0.4, 0.5) is 4.79 Å². The Hall–Kier alpha value is -2.57. The maximum atomic E-state index is 12.6. The molecule has 1 aromatic rings. The zero-order chi connectivity index (χ0) is 17.3. The first-order valence-corrected chi connectivity index (χ1v) is 7.98. The van der Waals surface area contributed by atoms with Gasteiger partial charge in [-0.25, -0.2) is 4.79 Å². The van der Waals surface area contributed by atoms with Gasteiger partial charge in [0.1, 0.15) is 11.3 Å². The predicted octanol–water partition coefficient (Wildman–Crippen LogP) is 0.747. The molecule has 2 aliphatic rings. The number of imide groups is 1. The molecular formula is C17H21N3O4. The maximum absolute atomic E-state index is 12.6. The fourth-order valence-electron chi connectivity index (χ4n) is 3.34. The number of nitrogens with one attached hydrogen (secondary N) is 2. The van der Waals surface area contributed by atoms with Crippen molar-refractivity contribution in [2.45, 2.75) is 31.7 Å². The highest BCUT2D eigenvalue weighted by atomic mass is 16.5. The summed E-state index contributed by atoms with van der Waals surface area (Å²) >= 11 is 0. The third-order valence-corrected chi connectivity index (χ3v) is 4.76. The zero-order valence-corrected chi connectivity index (χ0v) is 13.8. The number of hydrogen-bond acceptors (Lipinski definition) is 4. The number of methoxy groups -OCH3 is 1. The largest absolute Gasteiger partial charge is 0.496 e. The molecule has 7 heteroatoms. The van der Waals surface area contributed by atoms with Crippen molar-refractivity contribution in [2.75, 3.05) is 20.2 Å². The highest BCUT2D eigenvalue weighted by Gasteiger charge is 2.48. The van der Waals surface area contributed by atoms with E-state index in [2.05, 4.69) is 10.6 Å². The normalized spacial score (nSPS) is 19.2. The molecule has 128 valence electrons. The first kappa shape index (κ1) is 16.3. The predicted molar refractivity (Wildman–Crippen MR) is 86.7 cm³/mol. The molecule has 0 unspecified atom stereocenters. The van der Waals surface area contributed by atoms with Crippen LogP contribution in [0.5, 0.6) is 5.75 Å². The second kappa shape index (κ2) is 6.14. The lowest BCUT2D eigenvalue weighted by Gasteiger charge is -2.37. The summed E-state index contributed by atoms with van der Waals surface area (Å²) < 4.78 is 5.32. The molecule has 2 aliphatic heterocycles. The Bertz CT molecular complexity index is 693. The smallest absolute Gasteiger partial charge is 0.322 e. The first-order valence-electron chi connectivity index (χ1n) is 7.98. The monoisotopic (exact) mass is 331 g/mol. The molecule has 0 radical (unpaired) electrons. The highest BCUT2D eigenvalue weighted by Crippen LogP contribution is 2.27. The van der Waals surface area contributed by atoms with E-state index in [-0.39, 0.29) is 18.2 Å². The Balaban J connectivity index is 1.65. The van der Waals surface area contributed by atoms with Crippen LogP contribution in [-0.2, 0) is 16.0 Å². The van der Waals surface area contributed by atoms with Crippen LogP contribution in [0.25, 0.3) is 0 Å². The van der Waals surface area contributed by atoms with Gasteiger partial charge >= 0.3 is 6.03 Å². The van der Waals surface area contributed by atoms with Gasteiger partial charge in [-0.3, -0.25) is 14.9 Å². The minimum absolute atomic E-state index is 0.00141. The van der Waals surface area contributed by atoms with Crippen molar-refractivity contribution >= 4 is 17.8 Å². The standard InChI is InChI=1S/C17H21N3O4/c1-11-3-4-13(24-2)12(9-11)10-14(21)20-7-5-17(6-8-20)15(22)18-16(23)19-17/h3-4,9H,5-8,10H2,1-2H3,(H2,18,19,22,23). The Kier molecular flexibility index (Phi) is 4.17. The Morgan fingerprint density at radius 2 is 2.00 bits per heavy atom. The lowest BCUT2D eigenvalue weighted by Crippen LogP contribution is -2.55. The van der Waals surface area contributed by atoms with E-state index in [1.807, 2.05) is 25.1 Å². The summed E-state index contributed by atoms with van der Waals surface area (Å²) in [6.45, 7) is 2.86. The average molecular weight is 331 g/mol. The molecular weight excluding hydrogens is 310 g/mol. The van der Waals surface area contributed by atoms with Crippen LogP contribution in [0, 0.1) is 6.92 Å². The van der Waals surface area contributed by atoms with Crippen molar-refractivity contribution in [3.05, 3.63) is 29.3 Å². The van der Waals surface area contributed by atoms with Gasteiger partial charge in [0.15, 0.2) is 0 Å². The summed E-state index contributed by atoms with van der Waals surface area (Å²) in [6, 6.07) is 5.30. The van der Waals surface area contributed by atoms with E-state index in [0.29, 0.717) is 31.7 Å². The summed E-state index contributed by atoms with van der Waals surface area (Å²) in [7, 11) is 1.59. The molecule has 0 bridgehead atoms. The number of ether oxygens (including phenoxy) is 1. The van der Waals surface area contributed by atoms with Gasteiger partial charge in [-0.15, -0.1) is 0 Å². The minimum atomic E-state index is -0.852. The van der Waals surface area contributed by atoms with E-state index >= 15 is 0 Å². The number of hydrogen-bond donors (Lipinski definition) is 2. The SMILES string of the molecule is COc1ccc(C)cc1CC(=O)N1CCC2(CC1)NC(=O)NC2=O. The summed E-state index contributed by atoms with van der Waals surface area (Å²) in [6.07, 6.45) is 1.12. The van der Waals surface area contributed by atoms with Gasteiger partial charge in [-0.05, 0) is 25.8 Å². The molecule has 1 spiro atoms. The van der Waals surface area contributed by atoms with E-state index < -0.39 is 11.6 Å². The molecule has 7 nitrogen and oxygen atoms in total. The second-order valence-corrected chi connectivity index (χ2v) is 6.36. The maximum Gasteiger partial charge on any atom is 0.322 e. The van der Waals surface area contributed by atoms with Crippen LogP contribution in [0.3, 0.4) is 0 Å². The van der Waals surface area contributed by atoms with Crippen molar-refractivity contribution in [3.63, 3.8) is 0 Å². The molecule has 2 N–H and O–H groups in total. The van der Waals surface area contributed by atoms with Gasteiger partial charge in [0.2, 0.25) is 5.91 Å². The average Bonchev–Trinajstić information content (AvgIpc) is 2.81. The van der Waals surface area contributed by atoms with Gasteiger partial charge in [0.25, 0.3) is 5.91 Å². The van der Waals surface area contributed by atoms with Crippen LogP contribution >= 0.6 is 0 Å². The van der Waals surface area contributed by atoms with Crippen LogP contribution in [0.2, 0.25) is 0 Å². The topological polar surface area (TPSA) is 87.7 Å². The molecule has 24 heavy (non-hydrogen) atoms. The van der Waals surface area contributed by atoms with Crippen LogP contribution in [0.1, 0.15) is 24.0 Å². The van der Waals surface area contributed by atoms with Crippen molar-refractivity contribution in [1.82, 2.24) is 15.5 Å². The molecule has 2 fully saturated rings. The number of likely N-dealkylation sites (tertiary alicyclic amines) is 1. The summed E-state index contributed by atoms with van der Waals surface area (Å²) in [5, 5.41) is 4.97. The van der Waals surface area contributed by atoms with Gasteiger partial charge < -0.3 is 15.0 Å². The number of aryl methyl sites for hydroxylation is 1. The second-order valence-electron chi connectivity index (χ2n) is 6.36. The molecule has 0 saturated carbocycles. The van der Waals surface area contributed by atoms with E-state index in [1.165, 1.54) is 0 Å². The van der Waals surface area contributed by atoms with Crippen LogP contribution in [0.15, 0.2) is 18.2 Å². The van der Waals surface area contributed by atoms with E-state index in [1.54, 1.807) is 12.0 Å². The molecule has 0 aromatic heterocycles. The Labute approximate surface area is 140 Å². The number of nitrogens with zero attached hydrogens (tertiary/aromatic N) is 1. The number of piperidine rings is 1. The van der Waals surface area contributed by atoms with E-state index in [9.17, 15) is 14.4 Å². The quantitative estimate of drug-likeness (QED) is 0.800. The number of carbonyl (C=O) groups excluding carboxylic acids is 3. The summed E-state index contributed by atoms with van der Waals surface area (Å²) in [5.74, 6) is 0.406. The van der Waals surface area contributed by atoms with Crippen molar-refractivity contribution in [1.29, 1.82) is 0 Å². The lowest BCUT2D eigenvalue weighted by molar-refractivity contribution is -0.135. The molecule has 0 atom stereocenters. The molecule has 1 aromatic carbocycles. The van der Waals surface area contributed by atoms with E-state index in [4.69, 9.17) is 4.74 Å². The molecule has 3 rings (SSSR count). The Morgan fingerprint density at radius 3 is 2.58 bits per heavy atom. The number of benzene rings is 1. The van der Waals surface area contributed by atoms with Crippen molar-refractivity contribution < 1.29 is 19.1 Å². The molecule has 0 aliphatic carbocycles. The third kappa shape index (κ3) is 2.93. The Morgan fingerprint density at radius 1 is 1.29 bits per heavy atom. The van der Waals surface area contributed by atoms with Crippen LogP contribution < -0.4 is 15.4 Å². The zero-order valence-electron chi connectivity index (χ0n) is 13.8. The number of rotatable bonds is 3. The van der Waals surface area contributed by atoms with Crippen LogP contribution in [-0.4, -0.2) is 48.5 Å². The fourth-order valence-corrected chi connectivity index (χ4v) is 3.34. The highest BCUT2D eigenvalue weighted by molar-refractivity contribution is 6.07. The number of amides is 4. The summed E-state index contributed by atoms with van der Waals surface area (Å²) in [4.78, 5) is 37.6. The van der Waals surface area contributed by atoms with Gasteiger partial charge in [0, 0.05) is 18.7 Å². The minimum Gasteiger partial charge on any atom is -0.496 e. The third-order valence-electron chi connectivity index (χ3n) is 4.76. The number of carbonyl (C=O) groups is 3. The van der Waals surface area contributed by atoms with Crippen molar-refractivity contribution in [3.8, 4) is 5.75 Å². The molecule has 4 amide bonds. The van der Waals surface area contributed by atoms with Crippen molar-refractivity contribution in [2.24, 2.45) is 0 Å². The van der Waals surface area contributed by atoms with Gasteiger partial charge in [-0.1, -0.05) is 17.7 Å². The van der Waals surface area contributed by atoms with E-state index in [0.717, 1.165) is 11.1 Å². The lowest BCUT2D eigenvalue weighted by atomic mass is 9.87. The summed E-state index contributed by atoms with van der Waals surface area (Å²) in [5.41, 5.74) is 1.07. The molecule has 2 heterocycles.